The molecule has 292 valence electrons. The van der Waals surface area contributed by atoms with Gasteiger partial charge in [-0.25, -0.2) is 9.59 Å². The van der Waals surface area contributed by atoms with Gasteiger partial charge in [-0.15, -0.1) is 0 Å². The highest BCUT2D eigenvalue weighted by molar-refractivity contribution is 5.95. The number of Topliss-reactive ketones (excluding diaryl/α,β-unsaturated/α-hetero) is 1. The van der Waals surface area contributed by atoms with Crippen molar-refractivity contribution in [3.63, 3.8) is 0 Å². The summed E-state index contributed by atoms with van der Waals surface area (Å²) in [5, 5.41) is 5.50. The van der Waals surface area contributed by atoms with Crippen LogP contribution >= 0.6 is 0 Å². The van der Waals surface area contributed by atoms with Crippen molar-refractivity contribution in [3.8, 4) is 0 Å². The summed E-state index contributed by atoms with van der Waals surface area (Å²) in [5.41, 5.74) is 7.27. The molecule has 5 amide bonds. The Balaban J connectivity index is 1.35. The molecule has 2 fully saturated rings. The summed E-state index contributed by atoms with van der Waals surface area (Å²) in [5.74, 6) is -2.32. The van der Waals surface area contributed by atoms with E-state index in [0.29, 0.717) is 12.8 Å². The van der Waals surface area contributed by atoms with E-state index in [-0.39, 0.29) is 57.1 Å². The first-order chi connectivity index (χ1) is 26.3. The van der Waals surface area contributed by atoms with Gasteiger partial charge in [-0.2, -0.15) is 0 Å². The van der Waals surface area contributed by atoms with E-state index >= 15 is 0 Å². The molecule has 2 heterocycles. The number of alkyl carbamates (subject to hydrolysis) is 1. The van der Waals surface area contributed by atoms with Crippen LogP contribution in [-0.4, -0.2) is 88.3 Å². The zero-order valence-corrected chi connectivity index (χ0v) is 31.6. The predicted molar refractivity (Wildman–Crippen MR) is 204 cm³/mol. The maximum absolute atomic E-state index is 14.4. The molecule has 13 heteroatoms. The van der Waals surface area contributed by atoms with E-state index in [9.17, 15) is 28.8 Å². The molecular weight excluding hydrogens is 702 g/mol. The van der Waals surface area contributed by atoms with E-state index in [1.165, 1.54) is 9.80 Å². The summed E-state index contributed by atoms with van der Waals surface area (Å²) < 4.78 is 11.0. The van der Waals surface area contributed by atoms with Gasteiger partial charge in [-0.1, -0.05) is 91.0 Å². The summed E-state index contributed by atoms with van der Waals surface area (Å²) in [4.78, 5) is 83.8. The number of amides is 5. The smallest absolute Gasteiger partial charge is 0.410 e. The van der Waals surface area contributed by atoms with Crippen LogP contribution in [0.1, 0.15) is 81.9 Å². The largest absolute Gasteiger partial charge is 0.445 e. The summed E-state index contributed by atoms with van der Waals surface area (Å²) >= 11 is 0. The van der Waals surface area contributed by atoms with Gasteiger partial charge in [0.05, 0.1) is 12.6 Å². The number of fused-ring (bicyclic) bond motifs is 1. The molecule has 0 bridgehead atoms. The highest BCUT2D eigenvalue weighted by atomic mass is 16.6. The summed E-state index contributed by atoms with van der Waals surface area (Å²) in [6, 6.07) is 24.6. The second-order valence-electron chi connectivity index (χ2n) is 15.1. The number of carbonyl (C=O) groups excluding carboxylic acids is 6. The first kappa shape index (κ1) is 40.5. The first-order valence-corrected chi connectivity index (χ1v) is 18.8. The Kier molecular flexibility index (Phi) is 13.6. The Morgan fingerprint density at radius 2 is 1.45 bits per heavy atom. The molecule has 3 aromatic rings. The van der Waals surface area contributed by atoms with Gasteiger partial charge >= 0.3 is 12.2 Å². The Labute approximate surface area is 321 Å². The molecule has 0 spiro atoms. The number of ketones is 1. The third-order valence-corrected chi connectivity index (χ3v) is 9.84. The number of rotatable bonds is 13. The fourth-order valence-electron chi connectivity index (χ4n) is 7.18. The highest BCUT2D eigenvalue weighted by Crippen LogP contribution is 2.31. The van der Waals surface area contributed by atoms with Crippen LogP contribution in [0.2, 0.25) is 0 Å². The minimum Gasteiger partial charge on any atom is -0.445 e. The summed E-state index contributed by atoms with van der Waals surface area (Å²) in [6.07, 6.45) is -0.513. The minimum absolute atomic E-state index is 0.0107. The topological polar surface area (TPSA) is 177 Å². The zero-order chi connectivity index (χ0) is 39.5. The second kappa shape index (κ2) is 18.5. The number of nitrogens with zero attached hydrogens (tertiary/aromatic N) is 2. The predicted octanol–water partition coefficient (Wildman–Crippen LogP) is 4.82. The number of hydrogen-bond donors (Lipinski definition) is 3. The van der Waals surface area contributed by atoms with E-state index < -0.39 is 59.7 Å². The van der Waals surface area contributed by atoms with Gasteiger partial charge in [0.25, 0.3) is 0 Å². The fourth-order valence-corrected chi connectivity index (χ4v) is 7.18. The highest BCUT2D eigenvalue weighted by Gasteiger charge is 2.46. The molecule has 55 heavy (non-hydrogen) atoms. The van der Waals surface area contributed by atoms with Crippen molar-refractivity contribution in [1.82, 2.24) is 20.4 Å². The molecular formula is C42H51N5O8. The van der Waals surface area contributed by atoms with Crippen LogP contribution in [0.15, 0.2) is 91.0 Å². The third-order valence-electron chi connectivity index (χ3n) is 9.84. The molecule has 0 radical (unpaired) electrons. The molecule has 5 rings (SSSR count). The molecule has 3 aromatic carbocycles. The van der Waals surface area contributed by atoms with Gasteiger partial charge in [-0.3, -0.25) is 19.2 Å². The number of nitrogens with one attached hydrogen (secondary N) is 2. The van der Waals surface area contributed by atoms with Crippen LogP contribution in [0, 0.1) is 0 Å². The average molecular weight is 754 g/mol. The van der Waals surface area contributed by atoms with Crippen molar-refractivity contribution in [2.45, 2.75) is 102 Å². The lowest BCUT2D eigenvalue weighted by atomic mass is 9.85. The van der Waals surface area contributed by atoms with Gasteiger partial charge in [-0.05, 0) is 63.1 Å². The Morgan fingerprint density at radius 3 is 2.04 bits per heavy atom. The van der Waals surface area contributed by atoms with Gasteiger partial charge in [0, 0.05) is 31.3 Å². The maximum Gasteiger partial charge on any atom is 0.410 e. The van der Waals surface area contributed by atoms with E-state index in [0.717, 1.165) is 16.7 Å². The fraction of sp³-hybridized carbons (Fsp3) is 0.429. The maximum atomic E-state index is 14.4. The van der Waals surface area contributed by atoms with E-state index in [4.69, 9.17) is 15.2 Å². The molecule has 2 saturated heterocycles. The van der Waals surface area contributed by atoms with Crippen LogP contribution < -0.4 is 16.4 Å². The minimum atomic E-state index is -1.26. The lowest BCUT2D eigenvalue weighted by molar-refractivity contribution is -0.144. The summed E-state index contributed by atoms with van der Waals surface area (Å²) in [7, 11) is 0. The van der Waals surface area contributed by atoms with Gasteiger partial charge in [0.15, 0.2) is 5.78 Å². The van der Waals surface area contributed by atoms with Gasteiger partial charge in [0.2, 0.25) is 17.7 Å². The molecule has 13 nitrogen and oxygen atoms in total. The van der Waals surface area contributed by atoms with Crippen molar-refractivity contribution >= 4 is 35.7 Å². The van der Waals surface area contributed by atoms with Crippen molar-refractivity contribution in [2.24, 2.45) is 5.73 Å². The third kappa shape index (κ3) is 11.4. The molecule has 0 unspecified atom stereocenters. The van der Waals surface area contributed by atoms with E-state index in [2.05, 4.69) is 10.6 Å². The molecule has 0 aromatic heterocycles. The Bertz CT molecular complexity index is 1760. The average Bonchev–Trinajstić information content (AvgIpc) is 3.58. The molecule has 0 aliphatic carbocycles. The van der Waals surface area contributed by atoms with Gasteiger partial charge in [0.1, 0.15) is 24.3 Å². The molecule has 0 saturated carbocycles. The monoisotopic (exact) mass is 753 g/mol. The number of benzene rings is 3. The van der Waals surface area contributed by atoms with Crippen LogP contribution in [0.25, 0.3) is 0 Å². The Hall–Kier alpha value is -5.72. The molecule has 2 aliphatic heterocycles. The lowest BCUT2D eigenvalue weighted by Gasteiger charge is -2.38. The number of nitrogens with two attached hydrogens (primary N) is 1. The quantitative estimate of drug-likeness (QED) is 0.223. The summed E-state index contributed by atoms with van der Waals surface area (Å²) in [6.45, 7) is 5.07. The van der Waals surface area contributed by atoms with E-state index in [1.807, 2.05) is 91.0 Å². The zero-order valence-electron chi connectivity index (χ0n) is 31.6. The van der Waals surface area contributed by atoms with Crippen LogP contribution in [0.3, 0.4) is 0 Å². The number of carbonyl (C=O) groups is 6. The molecule has 4 N–H and O–H groups in total. The van der Waals surface area contributed by atoms with Crippen LogP contribution in [0.4, 0.5) is 9.59 Å². The standard InChI is InChI=1S/C42H51N5O8/c1-42(2,3)55-40(52)45-34-26-46(41(53)54-27-28-13-7-4-8-14-28)24-23-31-19-21-35(47(31)39(34)51)38(50)44-33(20-22-37(43)49)36(48)25-32(29-15-9-5-10-16-29)30-17-11-6-12-18-30/h4-18,31-35H,19-27H2,1-3H3,(H2,43,49)(H,44,50)(H,45,52)/t31-,33+,34+,35+/m1/s1. The van der Waals surface area contributed by atoms with Crippen molar-refractivity contribution in [3.05, 3.63) is 108 Å². The normalized spacial score (nSPS) is 19.1. The number of primary amides is 1. The Morgan fingerprint density at radius 1 is 0.855 bits per heavy atom. The van der Waals surface area contributed by atoms with Crippen LogP contribution in [-0.2, 0) is 35.3 Å². The molecule has 4 atom stereocenters. The number of hydrogen-bond acceptors (Lipinski definition) is 8. The van der Waals surface area contributed by atoms with Crippen molar-refractivity contribution in [2.75, 3.05) is 13.1 Å². The first-order valence-electron chi connectivity index (χ1n) is 18.8. The van der Waals surface area contributed by atoms with Gasteiger partial charge < -0.3 is 35.6 Å². The van der Waals surface area contributed by atoms with Crippen molar-refractivity contribution in [1.29, 1.82) is 0 Å². The molecule has 2 aliphatic rings. The number of ether oxygens (including phenoxy) is 2. The second-order valence-corrected chi connectivity index (χ2v) is 15.1. The van der Waals surface area contributed by atoms with Crippen LogP contribution in [0.5, 0.6) is 0 Å². The van der Waals surface area contributed by atoms with E-state index in [1.54, 1.807) is 20.8 Å². The SMILES string of the molecule is CC(C)(C)OC(=O)N[C@H]1CN(C(=O)OCc2ccccc2)CC[C@H]2CC[C@@H](C(=O)N[C@@H](CCC(N)=O)C(=O)CC(c3ccccc3)c3ccccc3)N2C1=O. The van der Waals surface area contributed by atoms with Crippen molar-refractivity contribution < 1.29 is 38.2 Å². The lowest BCUT2D eigenvalue weighted by Crippen LogP contribution is -2.62.